The summed E-state index contributed by atoms with van der Waals surface area (Å²) in [6.45, 7) is -0.428. The number of halogens is 2. The van der Waals surface area contributed by atoms with E-state index in [4.69, 9.17) is 0 Å². The van der Waals surface area contributed by atoms with Gasteiger partial charge in [0, 0.05) is 16.4 Å². The number of anilines is 1. The lowest BCUT2D eigenvalue weighted by molar-refractivity contribution is -0.116. The van der Waals surface area contributed by atoms with Crippen molar-refractivity contribution in [1.82, 2.24) is 4.31 Å². The van der Waals surface area contributed by atoms with Gasteiger partial charge < -0.3 is 5.32 Å². The molecule has 0 aliphatic rings. The first-order valence-electron chi connectivity index (χ1n) is 7.09. The summed E-state index contributed by atoms with van der Waals surface area (Å²) < 4.78 is 40.2. The summed E-state index contributed by atoms with van der Waals surface area (Å²) in [5, 5.41) is 2.37. The Morgan fingerprint density at radius 2 is 1.88 bits per heavy atom. The van der Waals surface area contributed by atoms with Crippen LogP contribution in [0.5, 0.6) is 0 Å². The normalized spacial score (nSPS) is 11.6. The summed E-state index contributed by atoms with van der Waals surface area (Å²) in [6, 6.07) is 10.6. The zero-order chi connectivity index (χ0) is 18.6. The van der Waals surface area contributed by atoms with Crippen LogP contribution in [-0.2, 0) is 14.8 Å². The van der Waals surface area contributed by atoms with Gasteiger partial charge in [-0.25, -0.2) is 12.8 Å². The summed E-state index contributed by atoms with van der Waals surface area (Å²) in [4.78, 5) is 13.1. The van der Waals surface area contributed by atoms with E-state index in [1.807, 2.05) is 6.26 Å². The number of rotatable bonds is 6. The molecule has 0 bridgehead atoms. The summed E-state index contributed by atoms with van der Waals surface area (Å²) >= 11 is 4.62. The molecule has 2 rings (SSSR count). The first-order chi connectivity index (χ1) is 11.7. The monoisotopic (exact) mass is 446 g/mol. The van der Waals surface area contributed by atoms with E-state index >= 15 is 0 Å². The summed E-state index contributed by atoms with van der Waals surface area (Å²) in [5.74, 6) is -1.24. The standard InChI is InChI=1S/C16H16BrFN2O3S2/c1-20(25(22,23)13-6-4-12(24-2)5-7-13)10-16(21)19-15-8-3-11(17)9-14(15)18/h3-9H,10H2,1-2H3,(H,19,21). The molecule has 0 saturated carbocycles. The van der Waals surface area contributed by atoms with Gasteiger partial charge in [-0.05, 0) is 48.7 Å². The van der Waals surface area contributed by atoms with Crippen LogP contribution in [0.1, 0.15) is 0 Å². The molecule has 0 saturated heterocycles. The van der Waals surface area contributed by atoms with Gasteiger partial charge in [-0.2, -0.15) is 4.31 Å². The quantitative estimate of drug-likeness (QED) is 0.688. The minimum Gasteiger partial charge on any atom is -0.322 e. The molecule has 0 aliphatic carbocycles. The number of carbonyl (C=O) groups excluding carboxylic acids is 1. The fourth-order valence-corrected chi connectivity index (χ4v) is 3.86. The van der Waals surface area contributed by atoms with Crippen molar-refractivity contribution in [1.29, 1.82) is 0 Å². The van der Waals surface area contributed by atoms with Crippen molar-refractivity contribution in [3.8, 4) is 0 Å². The van der Waals surface area contributed by atoms with Gasteiger partial charge in [0.25, 0.3) is 0 Å². The first-order valence-corrected chi connectivity index (χ1v) is 10.5. The fraction of sp³-hybridized carbons (Fsp3) is 0.188. The average molecular weight is 447 g/mol. The molecule has 0 aliphatic heterocycles. The predicted octanol–water partition coefficient (Wildman–Crippen LogP) is 3.57. The highest BCUT2D eigenvalue weighted by Crippen LogP contribution is 2.21. The topological polar surface area (TPSA) is 66.5 Å². The highest BCUT2D eigenvalue weighted by Gasteiger charge is 2.23. The molecule has 0 atom stereocenters. The van der Waals surface area contributed by atoms with Crippen LogP contribution in [0.15, 0.2) is 56.7 Å². The maximum absolute atomic E-state index is 13.7. The maximum atomic E-state index is 13.7. The van der Waals surface area contributed by atoms with E-state index in [0.717, 1.165) is 9.20 Å². The Balaban J connectivity index is 2.08. The highest BCUT2D eigenvalue weighted by atomic mass is 79.9. The zero-order valence-electron chi connectivity index (χ0n) is 13.5. The van der Waals surface area contributed by atoms with Gasteiger partial charge in [0.2, 0.25) is 15.9 Å². The van der Waals surface area contributed by atoms with E-state index in [2.05, 4.69) is 21.2 Å². The number of thioether (sulfide) groups is 1. The second-order valence-electron chi connectivity index (χ2n) is 5.11. The van der Waals surface area contributed by atoms with Crippen LogP contribution in [0.2, 0.25) is 0 Å². The molecule has 0 heterocycles. The Labute approximate surface area is 158 Å². The van der Waals surface area contributed by atoms with Crippen LogP contribution < -0.4 is 5.32 Å². The van der Waals surface area contributed by atoms with Gasteiger partial charge in [-0.15, -0.1) is 11.8 Å². The number of amides is 1. The number of nitrogens with zero attached hydrogens (tertiary/aromatic N) is 1. The van der Waals surface area contributed by atoms with Crippen LogP contribution in [0, 0.1) is 5.82 Å². The zero-order valence-corrected chi connectivity index (χ0v) is 16.7. The molecule has 0 aromatic heterocycles. The van der Waals surface area contributed by atoms with E-state index in [9.17, 15) is 17.6 Å². The molecule has 2 aromatic rings. The van der Waals surface area contributed by atoms with Gasteiger partial charge in [0.05, 0.1) is 17.1 Å². The molecule has 2 aromatic carbocycles. The Morgan fingerprint density at radius 3 is 2.44 bits per heavy atom. The van der Waals surface area contributed by atoms with Gasteiger partial charge >= 0.3 is 0 Å². The van der Waals surface area contributed by atoms with Crippen LogP contribution >= 0.6 is 27.7 Å². The Hall–Kier alpha value is -1.42. The van der Waals surface area contributed by atoms with Gasteiger partial charge in [0.15, 0.2) is 0 Å². The van der Waals surface area contributed by atoms with Gasteiger partial charge in [0.1, 0.15) is 5.82 Å². The predicted molar refractivity (Wildman–Crippen MR) is 101 cm³/mol. The summed E-state index contributed by atoms with van der Waals surface area (Å²) in [7, 11) is -2.51. The molecular formula is C16H16BrFN2O3S2. The lowest BCUT2D eigenvalue weighted by atomic mass is 10.3. The van der Waals surface area contributed by atoms with Crippen molar-refractivity contribution in [2.75, 3.05) is 25.2 Å². The van der Waals surface area contributed by atoms with E-state index in [1.165, 1.54) is 43.1 Å². The second-order valence-corrected chi connectivity index (χ2v) is 8.95. The number of hydrogen-bond donors (Lipinski definition) is 1. The number of benzene rings is 2. The number of likely N-dealkylation sites (N-methyl/N-ethyl adjacent to an activating group) is 1. The summed E-state index contributed by atoms with van der Waals surface area (Å²) in [5.41, 5.74) is -0.0108. The van der Waals surface area contributed by atoms with Gasteiger partial charge in [-0.3, -0.25) is 4.79 Å². The van der Waals surface area contributed by atoms with Crippen LogP contribution in [-0.4, -0.2) is 38.5 Å². The molecule has 134 valence electrons. The fourth-order valence-electron chi connectivity index (χ4n) is 2.00. The molecule has 1 amide bonds. The maximum Gasteiger partial charge on any atom is 0.243 e. The van der Waals surface area contributed by atoms with Crippen molar-refractivity contribution >= 4 is 49.3 Å². The first kappa shape index (κ1) is 19.9. The highest BCUT2D eigenvalue weighted by molar-refractivity contribution is 9.10. The number of sulfonamides is 1. The molecule has 9 heteroatoms. The van der Waals surface area contributed by atoms with Crippen LogP contribution in [0.3, 0.4) is 0 Å². The van der Waals surface area contributed by atoms with E-state index in [-0.39, 0.29) is 10.6 Å². The molecule has 1 N–H and O–H groups in total. The Bertz CT molecular complexity index is 873. The lowest BCUT2D eigenvalue weighted by Crippen LogP contribution is -2.35. The van der Waals surface area contributed by atoms with Gasteiger partial charge in [-0.1, -0.05) is 15.9 Å². The number of nitrogens with one attached hydrogen (secondary N) is 1. The third kappa shape index (κ3) is 5.04. The van der Waals surface area contributed by atoms with Crippen molar-refractivity contribution in [2.24, 2.45) is 0 Å². The Morgan fingerprint density at radius 1 is 1.24 bits per heavy atom. The molecule has 0 radical (unpaired) electrons. The third-order valence-electron chi connectivity index (χ3n) is 3.34. The van der Waals surface area contributed by atoms with Crippen molar-refractivity contribution < 1.29 is 17.6 Å². The Kier molecular flexibility index (Phi) is 6.61. The molecule has 0 spiro atoms. The van der Waals surface area contributed by atoms with Crippen LogP contribution in [0.4, 0.5) is 10.1 Å². The minimum absolute atomic E-state index is 0.0108. The third-order valence-corrected chi connectivity index (χ3v) is 6.39. The van der Waals surface area contributed by atoms with E-state index < -0.39 is 28.3 Å². The largest absolute Gasteiger partial charge is 0.322 e. The van der Waals surface area contributed by atoms with Crippen molar-refractivity contribution in [3.05, 3.63) is 52.8 Å². The minimum atomic E-state index is -3.81. The molecular weight excluding hydrogens is 431 g/mol. The van der Waals surface area contributed by atoms with Crippen molar-refractivity contribution in [2.45, 2.75) is 9.79 Å². The lowest BCUT2D eigenvalue weighted by Gasteiger charge is -2.17. The average Bonchev–Trinajstić information content (AvgIpc) is 2.57. The molecule has 0 unspecified atom stereocenters. The van der Waals surface area contributed by atoms with E-state index in [0.29, 0.717) is 4.47 Å². The SMILES string of the molecule is CSc1ccc(S(=O)(=O)N(C)CC(=O)Nc2ccc(Br)cc2F)cc1. The molecule has 5 nitrogen and oxygen atoms in total. The summed E-state index contributed by atoms with van der Waals surface area (Å²) in [6.07, 6.45) is 1.89. The second kappa shape index (κ2) is 8.31. The van der Waals surface area contributed by atoms with E-state index in [1.54, 1.807) is 18.2 Å². The number of carbonyl (C=O) groups is 1. The molecule has 0 fully saturated rings. The molecule has 25 heavy (non-hydrogen) atoms. The smallest absolute Gasteiger partial charge is 0.243 e. The number of hydrogen-bond acceptors (Lipinski definition) is 4. The van der Waals surface area contributed by atoms with Crippen molar-refractivity contribution in [3.63, 3.8) is 0 Å². The van der Waals surface area contributed by atoms with Crippen LogP contribution in [0.25, 0.3) is 0 Å².